The summed E-state index contributed by atoms with van der Waals surface area (Å²) in [5.41, 5.74) is 1.19. The molecule has 0 aliphatic carbocycles. The molecule has 0 saturated carbocycles. The van der Waals surface area contributed by atoms with Crippen LogP contribution in [0, 0.1) is 0 Å². The number of carboxylic acid groups (broad SMARTS) is 2. The molecule has 1 aromatic rings. The molecule has 27 heavy (non-hydrogen) atoms. The number of hydrogen-bond acceptors (Lipinski definition) is 6. The number of sulfonamides is 1. The number of rotatable bonds is 6. The molecule has 2 N–H and O–H groups in total. The Hall–Kier alpha value is -2.17. The first-order chi connectivity index (χ1) is 12.7. The van der Waals surface area contributed by atoms with Crippen LogP contribution in [-0.2, 0) is 26.2 Å². The normalized spacial score (nSPS) is 15.5. The van der Waals surface area contributed by atoms with Gasteiger partial charge in [-0.25, -0.2) is 18.0 Å². The van der Waals surface area contributed by atoms with Crippen molar-refractivity contribution in [1.82, 2.24) is 9.21 Å². The average molecular weight is 402 g/mol. The zero-order valence-electron chi connectivity index (χ0n) is 15.5. The van der Waals surface area contributed by atoms with Gasteiger partial charge < -0.3 is 14.9 Å². The third-order valence-corrected chi connectivity index (χ3v) is 5.99. The van der Waals surface area contributed by atoms with Gasteiger partial charge in [0.15, 0.2) is 0 Å². The van der Waals surface area contributed by atoms with Crippen LogP contribution in [0.4, 0.5) is 0 Å². The molecular formula is C17H26N2O7S. The molecule has 10 heteroatoms. The van der Waals surface area contributed by atoms with Crippen molar-refractivity contribution >= 4 is 22.0 Å². The Morgan fingerprint density at radius 3 is 2.19 bits per heavy atom. The number of aliphatic carboxylic acids is 2. The standard InChI is InChI=1S/C15H24N2O3S.C2H2O4/c1-3-11-21(18,19)17-9-7-16(8-10-17)13-14-5-4-6-15(12-14)20-2;3-1(4)2(5)6/h4-6,12H,3,7-11,13H2,1-2H3;(H,3,4)(H,5,6). The summed E-state index contributed by atoms with van der Waals surface area (Å²) in [5.74, 6) is -2.54. The fourth-order valence-electron chi connectivity index (χ4n) is 2.58. The molecular weight excluding hydrogens is 376 g/mol. The molecule has 0 unspecified atom stereocenters. The van der Waals surface area contributed by atoms with Crippen molar-refractivity contribution in [1.29, 1.82) is 0 Å². The molecule has 1 aliphatic rings. The molecule has 9 nitrogen and oxygen atoms in total. The molecule has 0 aromatic heterocycles. The lowest BCUT2D eigenvalue weighted by atomic mass is 10.2. The van der Waals surface area contributed by atoms with Crippen molar-refractivity contribution in [3.63, 3.8) is 0 Å². The molecule has 0 spiro atoms. The predicted octanol–water partition coefficient (Wildman–Crippen LogP) is 0.708. The lowest BCUT2D eigenvalue weighted by Crippen LogP contribution is -2.48. The SMILES string of the molecule is CCCS(=O)(=O)N1CCN(Cc2cccc(OC)c2)CC1.O=C(O)C(=O)O. The maximum atomic E-state index is 12.0. The molecule has 152 valence electrons. The highest BCUT2D eigenvalue weighted by atomic mass is 32.2. The number of piperazine rings is 1. The van der Waals surface area contributed by atoms with Gasteiger partial charge in [-0.15, -0.1) is 0 Å². The largest absolute Gasteiger partial charge is 0.497 e. The third-order valence-electron chi connectivity index (χ3n) is 3.91. The van der Waals surface area contributed by atoms with Crippen molar-refractivity contribution in [3.8, 4) is 5.75 Å². The average Bonchev–Trinajstić information content (AvgIpc) is 2.63. The highest BCUT2D eigenvalue weighted by molar-refractivity contribution is 7.89. The number of nitrogens with zero attached hydrogens (tertiary/aromatic N) is 2. The number of benzene rings is 1. The summed E-state index contributed by atoms with van der Waals surface area (Å²) in [5, 5.41) is 14.8. The van der Waals surface area contributed by atoms with Gasteiger partial charge in [0.1, 0.15) is 5.75 Å². The van der Waals surface area contributed by atoms with Crippen LogP contribution in [0.1, 0.15) is 18.9 Å². The van der Waals surface area contributed by atoms with Crippen molar-refractivity contribution in [3.05, 3.63) is 29.8 Å². The van der Waals surface area contributed by atoms with Crippen LogP contribution in [-0.4, -0.2) is 78.8 Å². The molecule has 2 rings (SSSR count). The monoisotopic (exact) mass is 402 g/mol. The van der Waals surface area contributed by atoms with Gasteiger partial charge in [-0.3, -0.25) is 4.90 Å². The first kappa shape index (κ1) is 22.9. The Morgan fingerprint density at radius 1 is 1.11 bits per heavy atom. The van der Waals surface area contributed by atoms with Crippen molar-refractivity contribution < 1.29 is 33.0 Å². The molecule has 0 atom stereocenters. The molecule has 1 heterocycles. The Kier molecular flexibility index (Phi) is 9.19. The molecule has 0 radical (unpaired) electrons. The minimum Gasteiger partial charge on any atom is -0.497 e. The van der Waals surface area contributed by atoms with Crippen LogP contribution in [0.25, 0.3) is 0 Å². The van der Waals surface area contributed by atoms with E-state index in [9.17, 15) is 8.42 Å². The third kappa shape index (κ3) is 7.94. The van der Waals surface area contributed by atoms with E-state index in [0.29, 0.717) is 19.5 Å². The predicted molar refractivity (Wildman–Crippen MR) is 99.2 cm³/mol. The second-order valence-corrected chi connectivity index (χ2v) is 8.04. The van der Waals surface area contributed by atoms with Gasteiger partial charge in [0.2, 0.25) is 10.0 Å². The number of ether oxygens (including phenoxy) is 1. The van der Waals surface area contributed by atoms with E-state index in [1.165, 1.54) is 5.56 Å². The maximum absolute atomic E-state index is 12.0. The van der Waals surface area contributed by atoms with E-state index in [-0.39, 0.29) is 5.75 Å². The number of carboxylic acids is 2. The van der Waals surface area contributed by atoms with E-state index < -0.39 is 22.0 Å². The van der Waals surface area contributed by atoms with Crippen LogP contribution in [0.15, 0.2) is 24.3 Å². The second kappa shape index (κ2) is 10.9. The van der Waals surface area contributed by atoms with E-state index in [2.05, 4.69) is 11.0 Å². The van der Waals surface area contributed by atoms with Crippen molar-refractivity contribution in [2.24, 2.45) is 0 Å². The van der Waals surface area contributed by atoms with Crippen LogP contribution < -0.4 is 4.74 Å². The lowest BCUT2D eigenvalue weighted by Gasteiger charge is -2.34. The molecule has 0 amide bonds. The van der Waals surface area contributed by atoms with E-state index in [0.717, 1.165) is 25.4 Å². The van der Waals surface area contributed by atoms with E-state index in [4.69, 9.17) is 24.5 Å². The van der Waals surface area contributed by atoms with Crippen LogP contribution in [0.3, 0.4) is 0 Å². The minimum atomic E-state index is -3.05. The Morgan fingerprint density at radius 2 is 1.70 bits per heavy atom. The fourth-order valence-corrected chi connectivity index (χ4v) is 4.08. The zero-order chi connectivity index (χ0) is 20.4. The van der Waals surface area contributed by atoms with E-state index in [1.807, 2.05) is 25.1 Å². The number of hydrogen-bond donors (Lipinski definition) is 2. The number of methoxy groups -OCH3 is 1. The highest BCUT2D eigenvalue weighted by Gasteiger charge is 2.25. The molecule has 1 aromatic carbocycles. The van der Waals surface area contributed by atoms with Crippen LogP contribution in [0.5, 0.6) is 5.75 Å². The summed E-state index contributed by atoms with van der Waals surface area (Å²) in [7, 11) is -1.39. The van der Waals surface area contributed by atoms with E-state index in [1.54, 1.807) is 11.4 Å². The highest BCUT2D eigenvalue weighted by Crippen LogP contribution is 2.16. The lowest BCUT2D eigenvalue weighted by molar-refractivity contribution is -0.159. The van der Waals surface area contributed by atoms with Gasteiger partial charge >= 0.3 is 11.9 Å². The van der Waals surface area contributed by atoms with Gasteiger partial charge in [-0.2, -0.15) is 4.31 Å². The van der Waals surface area contributed by atoms with Gasteiger partial charge in [-0.05, 0) is 24.1 Å². The minimum absolute atomic E-state index is 0.253. The smallest absolute Gasteiger partial charge is 0.414 e. The Balaban J connectivity index is 0.000000527. The van der Waals surface area contributed by atoms with Crippen molar-refractivity contribution in [2.45, 2.75) is 19.9 Å². The summed E-state index contributed by atoms with van der Waals surface area (Å²) in [6.07, 6.45) is 0.673. The van der Waals surface area contributed by atoms with Gasteiger partial charge in [0.25, 0.3) is 0 Å². The summed E-state index contributed by atoms with van der Waals surface area (Å²) in [6, 6.07) is 8.01. The molecule has 1 saturated heterocycles. The summed E-state index contributed by atoms with van der Waals surface area (Å²) < 4.78 is 30.9. The van der Waals surface area contributed by atoms with Gasteiger partial charge in [-0.1, -0.05) is 19.1 Å². The first-order valence-electron chi connectivity index (χ1n) is 8.49. The summed E-state index contributed by atoms with van der Waals surface area (Å²) in [4.78, 5) is 20.5. The van der Waals surface area contributed by atoms with E-state index >= 15 is 0 Å². The van der Waals surface area contributed by atoms with Crippen LogP contribution >= 0.6 is 0 Å². The second-order valence-electron chi connectivity index (χ2n) is 5.95. The molecule has 1 fully saturated rings. The summed E-state index contributed by atoms with van der Waals surface area (Å²) >= 11 is 0. The maximum Gasteiger partial charge on any atom is 0.414 e. The fraction of sp³-hybridized carbons (Fsp3) is 0.529. The quantitative estimate of drug-likeness (QED) is 0.667. The Bertz CT molecular complexity index is 717. The van der Waals surface area contributed by atoms with Gasteiger partial charge in [0.05, 0.1) is 12.9 Å². The Labute approximate surface area is 159 Å². The summed E-state index contributed by atoms with van der Waals surface area (Å²) in [6.45, 7) is 5.47. The molecule has 0 bridgehead atoms. The first-order valence-corrected chi connectivity index (χ1v) is 10.1. The van der Waals surface area contributed by atoms with Crippen LogP contribution in [0.2, 0.25) is 0 Å². The zero-order valence-corrected chi connectivity index (χ0v) is 16.3. The van der Waals surface area contributed by atoms with Crippen molar-refractivity contribution in [2.75, 3.05) is 39.0 Å². The number of carbonyl (C=O) groups is 2. The van der Waals surface area contributed by atoms with Gasteiger partial charge in [0, 0.05) is 32.7 Å². The molecule has 1 aliphatic heterocycles. The topological polar surface area (TPSA) is 124 Å².